The Labute approximate surface area is 102 Å². The van der Waals surface area contributed by atoms with Gasteiger partial charge in [0.1, 0.15) is 0 Å². The first-order valence-corrected chi connectivity index (χ1v) is 6.92. The molecule has 0 bridgehead atoms. The molecule has 1 rings (SSSR count). The minimum absolute atomic E-state index is 0.0874. The van der Waals surface area contributed by atoms with Gasteiger partial charge in [0.15, 0.2) is 0 Å². The summed E-state index contributed by atoms with van der Waals surface area (Å²) in [6.45, 7) is 0.0874. The number of sulfonamides is 1. The molecule has 0 saturated carbocycles. The summed E-state index contributed by atoms with van der Waals surface area (Å²) in [6.07, 6.45) is 0. The van der Waals surface area contributed by atoms with E-state index in [2.05, 4.69) is 20.7 Å². The largest absolute Gasteiger partial charge is 0.329 e. The van der Waals surface area contributed by atoms with Crippen molar-refractivity contribution < 1.29 is 8.42 Å². The fraction of sp³-hybridized carbons (Fsp3) is 0.250. The number of benzene rings is 1. The van der Waals surface area contributed by atoms with E-state index in [0.29, 0.717) is 15.2 Å². The van der Waals surface area contributed by atoms with Gasteiger partial charge in [-0.3, -0.25) is 4.72 Å². The van der Waals surface area contributed by atoms with Gasteiger partial charge in [0.2, 0.25) is 10.0 Å². The molecule has 7 heteroatoms. The zero-order chi connectivity index (χ0) is 11.5. The van der Waals surface area contributed by atoms with Crippen LogP contribution in [0.4, 0.5) is 5.69 Å². The van der Waals surface area contributed by atoms with E-state index < -0.39 is 10.0 Å². The second-order valence-corrected chi connectivity index (χ2v) is 5.94. The third-order valence-electron chi connectivity index (χ3n) is 1.58. The van der Waals surface area contributed by atoms with Crippen LogP contribution in [-0.4, -0.2) is 20.7 Å². The monoisotopic (exact) mass is 312 g/mol. The van der Waals surface area contributed by atoms with Crippen molar-refractivity contribution in [3.63, 3.8) is 0 Å². The lowest BCUT2D eigenvalue weighted by Crippen LogP contribution is -2.22. The predicted molar refractivity (Wildman–Crippen MR) is 65.6 cm³/mol. The summed E-state index contributed by atoms with van der Waals surface area (Å²) in [4.78, 5) is 0. The van der Waals surface area contributed by atoms with Gasteiger partial charge in [-0.05, 0) is 34.1 Å². The summed E-state index contributed by atoms with van der Waals surface area (Å²) in [5.74, 6) is -0.104. The van der Waals surface area contributed by atoms with Crippen LogP contribution in [0, 0.1) is 0 Å². The van der Waals surface area contributed by atoms with E-state index in [0.717, 1.165) is 0 Å². The Hall–Kier alpha value is -0.300. The molecule has 1 aromatic carbocycles. The molecule has 0 aliphatic carbocycles. The van der Waals surface area contributed by atoms with Gasteiger partial charge >= 0.3 is 0 Å². The molecule has 0 radical (unpaired) electrons. The lowest BCUT2D eigenvalue weighted by atomic mass is 10.3. The third kappa shape index (κ3) is 3.98. The molecule has 84 valence electrons. The lowest BCUT2D eigenvalue weighted by Gasteiger charge is -2.07. The van der Waals surface area contributed by atoms with Crippen molar-refractivity contribution in [2.45, 2.75) is 0 Å². The van der Waals surface area contributed by atoms with E-state index in [-0.39, 0.29) is 12.3 Å². The van der Waals surface area contributed by atoms with Gasteiger partial charge in [-0.25, -0.2) is 8.42 Å². The number of rotatable bonds is 4. The van der Waals surface area contributed by atoms with Crippen LogP contribution in [-0.2, 0) is 10.0 Å². The van der Waals surface area contributed by atoms with Crippen LogP contribution >= 0.6 is 27.5 Å². The summed E-state index contributed by atoms with van der Waals surface area (Å²) in [7, 11) is -3.35. The number of anilines is 1. The smallest absolute Gasteiger partial charge is 0.233 e. The molecular formula is C8H10BrClN2O2S. The maximum absolute atomic E-state index is 11.4. The molecule has 4 nitrogen and oxygen atoms in total. The summed E-state index contributed by atoms with van der Waals surface area (Å²) in [5, 5.41) is 0.525. The van der Waals surface area contributed by atoms with Crippen molar-refractivity contribution in [1.29, 1.82) is 0 Å². The Morgan fingerprint density at radius 2 is 2.13 bits per heavy atom. The first-order chi connectivity index (χ1) is 6.94. The normalized spacial score (nSPS) is 11.4. The minimum atomic E-state index is -3.35. The van der Waals surface area contributed by atoms with Gasteiger partial charge in [0, 0.05) is 16.7 Å². The van der Waals surface area contributed by atoms with E-state index in [1.54, 1.807) is 18.2 Å². The van der Waals surface area contributed by atoms with Crippen molar-refractivity contribution in [2.24, 2.45) is 5.73 Å². The number of hydrogen-bond acceptors (Lipinski definition) is 3. The summed E-state index contributed by atoms with van der Waals surface area (Å²) in [6, 6.07) is 4.78. The third-order valence-corrected chi connectivity index (χ3v) is 4.11. The van der Waals surface area contributed by atoms with Gasteiger partial charge in [0.25, 0.3) is 0 Å². The van der Waals surface area contributed by atoms with Crippen LogP contribution in [0.25, 0.3) is 0 Å². The topological polar surface area (TPSA) is 72.2 Å². The summed E-state index contributed by atoms with van der Waals surface area (Å²) in [5.41, 5.74) is 5.63. The molecule has 0 spiro atoms. The highest BCUT2D eigenvalue weighted by Crippen LogP contribution is 2.25. The zero-order valence-corrected chi connectivity index (χ0v) is 10.9. The van der Waals surface area contributed by atoms with E-state index >= 15 is 0 Å². The first-order valence-electron chi connectivity index (χ1n) is 4.10. The van der Waals surface area contributed by atoms with Gasteiger partial charge in [0.05, 0.1) is 10.8 Å². The Morgan fingerprint density at radius 1 is 1.47 bits per heavy atom. The molecule has 0 atom stereocenters. The standard InChI is InChI=1S/C8H10BrClN2O2S/c9-7-5-6(1-2-8(7)10)12-15(13,14)4-3-11/h1-2,5,12H,3-4,11H2. The van der Waals surface area contributed by atoms with Crippen LogP contribution in [0.5, 0.6) is 0 Å². The summed E-state index contributed by atoms with van der Waals surface area (Å²) >= 11 is 8.97. The molecule has 0 saturated heterocycles. The Morgan fingerprint density at radius 3 is 2.67 bits per heavy atom. The Kier molecular flexibility index (Phi) is 4.39. The molecule has 3 N–H and O–H groups in total. The highest BCUT2D eigenvalue weighted by atomic mass is 79.9. The number of halogens is 2. The predicted octanol–water partition coefficient (Wildman–Crippen LogP) is 1.80. The first kappa shape index (κ1) is 12.8. The average molecular weight is 314 g/mol. The fourth-order valence-electron chi connectivity index (χ4n) is 0.945. The molecule has 0 amide bonds. The molecule has 0 fully saturated rings. The van der Waals surface area contributed by atoms with Gasteiger partial charge in [-0.1, -0.05) is 11.6 Å². The lowest BCUT2D eigenvalue weighted by molar-refractivity contribution is 0.601. The quantitative estimate of drug-likeness (QED) is 0.890. The second-order valence-electron chi connectivity index (χ2n) is 2.84. The van der Waals surface area contributed by atoms with Gasteiger partial charge in [-0.15, -0.1) is 0 Å². The molecule has 0 heterocycles. The maximum Gasteiger partial charge on any atom is 0.233 e. The van der Waals surface area contributed by atoms with Gasteiger partial charge in [-0.2, -0.15) is 0 Å². The van der Waals surface area contributed by atoms with Crippen LogP contribution in [0.2, 0.25) is 5.02 Å². The number of nitrogens with two attached hydrogens (primary N) is 1. The Bertz CT molecular complexity index is 450. The molecule has 0 aromatic heterocycles. The van der Waals surface area contributed by atoms with Crippen molar-refractivity contribution in [2.75, 3.05) is 17.0 Å². The molecule has 0 unspecified atom stereocenters. The minimum Gasteiger partial charge on any atom is -0.329 e. The molecule has 15 heavy (non-hydrogen) atoms. The van der Waals surface area contributed by atoms with Crippen molar-refractivity contribution in [1.82, 2.24) is 0 Å². The summed E-state index contributed by atoms with van der Waals surface area (Å²) < 4.78 is 25.7. The molecule has 0 aliphatic rings. The second kappa shape index (κ2) is 5.16. The van der Waals surface area contributed by atoms with Crippen molar-refractivity contribution in [3.8, 4) is 0 Å². The van der Waals surface area contributed by atoms with E-state index in [4.69, 9.17) is 17.3 Å². The SMILES string of the molecule is NCCS(=O)(=O)Nc1ccc(Cl)c(Br)c1. The fourth-order valence-corrected chi connectivity index (χ4v) is 2.34. The number of hydrogen-bond donors (Lipinski definition) is 2. The van der Waals surface area contributed by atoms with Crippen LogP contribution < -0.4 is 10.5 Å². The molecule has 1 aromatic rings. The van der Waals surface area contributed by atoms with E-state index in [9.17, 15) is 8.42 Å². The van der Waals surface area contributed by atoms with E-state index in [1.165, 1.54) is 0 Å². The van der Waals surface area contributed by atoms with Crippen LogP contribution in [0.3, 0.4) is 0 Å². The molecular weight excluding hydrogens is 304 g/mol. The highest BCUT2D eigenvalue weighted by molar-refractivity contribution is 9.10. The Balaban J connectivity index is 2.86. The van der Waals surface area contributed by atoms with Crippen LogP contribution in [0.1, 0.15) is 0 Å². The number of nitrogens with one attached hydrogen (secondary N) is 1. The highest BCUT2D eigenvalue weighted by Gasteiger charge is 2.09. The average Bonchev–Trinajstić information content (AvgIpc) is 2.10. The van der Waals surface area contributed by atoms with E-state index in [1.807, 2.05) is 0 Å². The van der Waals surface area contributed by atoms with Gasteiger partial charge < -0.3 is 5.73 Å². The molecule has 0 aliphatic heterocycles. The van der Waals surface area contributed by atoms with Crippen molar-refractivity contribution in [3.05, 3.63) is 27.7 Å². The maximum atomic E-state index is 11.4. The van der Waals surface area contributed by atoms with Crippen LogP contribution in [0.15, 0.2) is 22.7 Å². The van der Waals surface area contributed by atoms with Crippen molar-refractivity contribution >= 4 is 43.2 Å². The zero-order valence-electron chi connectivity index (χ0n) is 7.70.